The van der Waals surface area contributed by atoms with E-state index in [2.05, 4.69) is 16.0 Å². The van der Waals surface area contributed by atoms with E-state index in [1.165, 1.54) is 7.05 Å². The van der Waals surface area contributed by atoms with E-state index in [4.69, 9.17) is 16.3 Å². The van der Waals surface area contributed by atoms with E-state index in [-0.39, 0.29) is 12.2 Å². The quantitative estimate of drug-likeness (QED) is 0.340. The molecule has 0 unspecified atom stereocenters. The molecule has 112 valence electrons. The topological polar surface area (TPSA) is 79.5 Å². The molecule has 0 bridgehead atoms. The van der Waals surface area contributed by atoms with Crippen molar-refractivity contribution in [1.29, 1.82) is 0 Å². The molecule has 7 heteroatoms. The highest BCUT2D eigenvalue weighted by Crippen LogP contribution is 2.26. The van der Waals surface area contributed by atoms with Crippen LogP contribution < -0.4 is 16.0 Å². The summed E-state index contributed by atoms with van der Waals surface area (Å²) in [5.41, 5.74) is 1.65. The van der Waals surface area contributed by atoms with Gasteiger partial charge in [-0.05, 0) is 24.6 Å². The molecular formula is C14H16ClN3O3. The number of hydrogen-bond acceptors (Lipinski definition) is 5. The van der Waals surface area contributed by atoms with Crippen LogP contribution in [0.1, 0.15) is 12.5 Å². The number of carbonyl (C=O) groups excluding carboxylic acids is 2. The summed E-state index contributed by atoms with van der Waals surface area (Å²) >= 11 is 5.96. The second-order valence-corrected chi connectivity index (χ2v) is 4.77. The molecule has 1 aromatic rings. The van der Waals surface area contributed by atoms with Gasteiger partial charge in [-0.2, -0.15) is 0 Å². The van der Waals surface area contributed by atoms with E-state index >= 15 is 0 Å². The first-order valence-corrected chi connectivity index (χ1v) is 6.87. The van der Waals surface area contributed by atoms with Crippen molar-refractivity contribution in [1.82, 2.24) is 10.6 Å². The first-order valence-electron chi connectivity index (χ1n) is 6.49. The molecule has 1 heterocycles. The Labute approximate surface area is 127 Å². The summed E-state index contributed by atoms with van der Waals surface area (Å²) in [7, 11) is 1.45. The van der Waals surface area contributed by atoms with Crippen LogP contribution in [0.3, 0.4) is 0 Å². The zero-order chi connectivity index (χ0) is 15.4. The fourth-order valence-corrected chi connectivity index (χ4v) is 2.14. The normalized spacial score (nSPS) is 15.2. The zero-order valence-electron chi connectivity index (χ0n) is 11.7. The number of ether oxygens (including phenoxy) is 1. The van der Waals surface area contributed by atoms with Crippen molar-refractivity contribution in [2.45, 2.75) is 13.5 Å². The number of carbonyl (C=O) groups is 2. The number of likely N-dealkylation sites (N-methyl/N-ethyl adjacent to an activating group) is 1. The number of amides is 1. The van der Waals surface area contributed by atoms with Crippen molar-refractivity contribution in [2.24, 2.45) is 0 Å². The number of rotatable bonds is 3. The number of esters is 1. The van der Waals surface area contributed by atoms with Gasteiger partial charge in [0.05, 0.1) is 6.61 Å². The van der Waals surface area contributed by atoms with Crippen LogP contribution in [-0.4, -0.2) is 25.5 Å². The Morgan fingerprint density at radius 2 is 2.19 bits per heavy atom. The minimum Gasteiger partial charge on any atom is -0.462 e. The van der Waals surface area contributed by atoms with Gasteiger partial charge in [-0.3, -0.25) is 4.79 Å². The highest BCUT2D eigenvalue weighted by atomic mass is 35.5. The third-order valence-corrected chi connectivity index (χ3v) is 3.21. The zero-order valence-corrected chi connectivity index (χ0v) is 12.5. The molecule has 0 fully saturated rings. The van der Waals surface area contributed by atoms with E-state index in [0.717, 1.165) is 11.3 Å². The maximum atomic E-state index is 12.0. The Morgan fingerprint density at radius 1 is 1.43 bits per heavy atom. The van der Waals surface area contributed by atoms with E-state index in [9.17, 15) is 9.59 Å². The van der Waals surface area contributed by atoms with Gasteiger partial charge in [0.25, 0.3) is 5.91 Å². The number of halogens is 1. The van der Waals surface area contributed by atoms with E-state index < -0.39 is 11.9 Å². The molecule has 0 spiro atoms. The van der Waals surface area contributed by atoms with Gasteiger partial charge in [0.1, 0.15) is 5.82 Å². The van der Waals surface area contributed by atoms with Crippen molar-refractivity contribution < 1.29 is 14.3 Å². The minimum absolute atomic E-state index is 0.0926. The largest absolute Gasteiger partial charge is 0.462 e. The number of benzene rings is 1. The summed E-state index contributed by atoms with van der Waals surface area (Å²) < 4.78 is 4.93. The maximum Gasteiger partial charge on any atom is 0.347 e. The van der Waals surface area contributed by atoms with Crippen molar-refractivity contribution in [3.05, 3.63) is 40.2 Å². The minimum atomic E-state index is -0.683. The van der Waals surface area contributed by atoms with Crippen LogP contribution in [0.4, 0.5) is 5.69 Å². The number of anilines is 1. The third kappa shape index (κ3) is 3.28. The summed E-state index contributed by atoms with van der Waals surface area (Å²) in [6, 6.07) is 5.40. The highest BCUT2D eigenvalue weighted by molar-refractivity contribution is 6.30. The first kappa shape index (κ1) is 15.2. The molecule has 3 N–H and O–H groups in total. The van der Waals surface area contributed by atoms with Gasteiger partial charge in [0, 0.05) is 24.3 Å². The van der Waals surface area contributed by atoms with Gasteiger partial charge in [-0.15, -0.1) is 0 Å². The van der Waals surface area contributed by atoms with Crippen LogP contribution in [0.2, 0.25) is 5.02 Å². The Kier molecular flexibility index (Phi) is 4.70. The monoisotopic (exact) mass is 309 g/mol. The molecule has 2 rings (SSSR count). The first-order chi connectivity index (χ1) is 10.1. The SMILES string of the molecule is CCOC(=O)/C(C(=O)NC)=C1\NCc2ccc(Cl)cc2N1. The van der Waals surface area contributed by atoms with Gasteiger partial charge in [0.15, 0.2) is 5.57 Å². The van der Waals surface area contributed by atoms with Gasteiger partial charge >= 0.3 is 5.97 Å². The molecule has 21 heavy (non-hydrogen) atoms. The standard InChI is InChI=1S/C14H16ClN3O3/c1-3-21-14(20)11(13(19)16-2)12-17-7-8-4-5-9(15)6-10(8)18-12/h4-6,17-18H,3,7H2,1-2H3,(H,16,19)/b12-11+. The molecule has 0 saturated heterocycles. The van der Waals surface area contributed by atoms with Crippen LogP contribution in [-0.2, 0) is 20.9 Å². The highest BCUT2D eigenvalue weighted by Gasteiger charge is 2.26. The summed E-state index contributed by atoms with van der Waals surface area (Å²) in [6.07, 6.45) is 0. The average Bonchev–Trinajstić information content (AvgIpc) is 2.47. The van der Waals surface area contributed by atoms with E-state index in [0.29, 0.717) is 17.4 Å². The average molecular weight is 310 g/mol. The second kappa shape index (κ2) is 6.49. The van der Waals surface area contributed by atoms with Gasteiger partial charge in [-0.1, -0.05) is 17.7 Å². The van der Waals surface area contributed by atoms with Gasteiger partial charge in [0.2, 0.25) is 0 Å². The van der Waals surface area contributed by atoms with Crippen molar-refractivity contribution >= 4 is 29.2 Å². The Balaban J connectivity index is 2.40. The van der Waals surface area contributed by atoms with Crippen LogP contribution >= 0.6 is 11.6 Å². The molecule has 1 amide bonds. The molecule has 0 aliphatic carbocycles. The van der Waals surface area contributed by atoms with Crippen molar-refractivity contribution in [2.75, 3.05) is 19.0 Å². The smallest absolute Gasteiger partial charge is 0.347 e. The lowest BCUT2D eigenvalue weighted by Crippen LogP contribution is -2.35. The van der Waals surface area contributed by atoms with Crippen molar-refractivity contribution in [3.63, 3.8) is 0 Å². The molecule has 6 nitrogen and oxygen atoms in total. The molecule has 1 aromatic carbocycles. The van der Waals surface area contributed by atoms with Crippen LogP contribution in [0.5, 0.6) is 0 Å². The summed E-state index contributed by atoms with van der Waals surface area (Å²) in [4.78, 5) is 23.9. The summed E-state index contributed by atoms with van der Waals surface area (Å²) in [5, 5.41) is 9.03. The molecule has 1 aliphatic rings. The predicted molar refractivity (Wildman–Crippen MR) is 79.6 cm³/mol. The molecule has 0 radical (unpaired) electrons. The predicted octanol–water partition coefficient (Wildman–Crippen LogP) is 1.38. The summed E-state index contributed by atoms with van der Waals surface area (Å²) in [5.74, 6) is -0.895. The maximum absolute atomic E-state index is 12.0. The second-order valence-electron chi connectivity index (χ2n) is 4.33. The number of hydrogen-bond donors (Lipinski definition) is 3. The fraction of sp³-hybridized carbons (Fsp3) is 0.286. The fourth-order valence-electron chi connectivity index (χ4n) is 1.97. The molecule has 0 saturated carbocycles. The van der Waals surface area contributed by atoms with Gasteiger partial charge in [-0.25, -0.2) is 4.79 Å². The van der Waals surface area contributed by atoms with Crippen LogP contribution in [0.15, 0.2) is 29.6 Å². The Morgan fingerprint density at radius 3 is 2.86 bits per heavy atom. The molecule has 1 aliphatic heterocycles. The molecular weight excluding hydrogens is 294 g/mol. The number of fused-ring (bicyclic) bond motifs is 1. The Bertz CT molecular complexity index is 613. The lowest BCUT2D eigenvalue weighted by molar-refractivity contribution is -0.140. The van der Waals surface area contributed by atoms with Crippen LogP contribution in [0, 0.1) is 0 Å². The number of nitrogens with one attached hydrogen (secondary N) is 3. The summed E-state index contributed by atoms with van der Waals surface area (Å²) in [6.45, 7) is 2.35. The van der Waals surface area contributed by atoms with E-state index in [1.54, 1.807) is 19.1 Å². The molecule has 0 atom stereocenters. The molecule has 0 aromatic heterocycles. The van der Waals surface area contributed by atoms with Crippen LogP contribution in [0.25, 0.3) is 0 Å². The lowest BCUT2D eigenvalue weighted by Gasteiger charge is -2.24. The lowest BCUT2D eigenvalue weighted by atomic mass is 10.1. The van der Waals surface area contributed by atoms with E-state index in [1.807, 2.05) is 6.07 Å². The Hall–Kier alpha value is -2.21. The van der Waals surface area contributed by atoms with Crippen molar-refractivity contribution in [3.8, 4) is 0 Å². The third-order valence-electron chi connectivity index (χ3n) is 2.97. The van der Waals surface area contributed by atoms with Gasteiger partial charge < -0.3 is 20.7 Å².